The highest BCUT2D eigenvalue weighted by Gasteiger charge is 1.97. The molecule has 0 bridgehead atoms. The minimum atomic E-state index is 0.434. The fourth-order valence-corrected chi connectivity index (χ4v) is 1.05. The van der Waals surface area contributed by atoms with Gasteiger partial charge in [0.05, 0.1) is 11.0 Å². The number of halogens is 1. The number of carbonyl (C=O) groups excluding carboxylic acids is 1. The zero-order valence-corrected chi connectivity index (χ0v) is 7.30. The molecule has 0 aromatic carbocycles. The third-order valence-electron chi connectivity index (χ3n) is 1.16. The molecule has 0 saturated heterocycles. The van der Waals surface area contributed by atoms with Crippen molar-refractivity contribution in [3.8, 4) is 0 Å². The topological polar surface area (TPSA) is 42.6 Å². The molecular weight excluding hydrogens is 210 g/mol. The van der Waals surface area contributed by atoms with E-state index >= 15 is 0 Å². The van der Waals surface area contributed by atoms with E-state index in [9.17, 15) is 4.79 Å². The summed E-state index contributed by atoms with van der Waals surface area (Å²) in [5, 5.41) is 0. The molecule has 0 radical (unpaired) electrons. The average Bonchev–Trinajstić information content (AvgIpc) is 2.37. The van der Waals surface area contributed by atoms with Gasteiger partial charge in [-0.2, -0.15) is 0 Å². The van der Waals surface area contributed by atoms with E-state index in [1.54, 1.807) is 6.26 Å². The molecule has 0 aliphatic rings. The summed E-state index contributed by atoms with van der Waals surface area (Å²) in [6.07, 6.45) is 3.70. The van der Waals surface area contributed by atoms with Crippen LogP contribution in [-0.4, -0.2) is 12.6 Å². The van der Waals surface area contributed by atoms with Crippen LogP contribution in [0, 0.1) is 0 Å². The highest BCUT2D eigenvalue weighted by Crippen LogP contribution is 2.14. The van der Waals surface area contributed by atoms with E-state index in [4.69, 9.17) is 4.42 Å². The van der Waals surface area contributed by atoms with Crippen molar-refractivity contribution in [2.75, 3.05) is 6.54 Å². The van der Waals surface area contributed by atoms with Crippen LogP contribution in [0.3, 0.4) is 0 Å². The van der Waals surface area contributed by atoms with Gasteiger partial charge in [-0.05, 0) is 22.0 Å². The lowest BCUT2D eigenvalue weighted by Crippen LogP contribution is -1.84. The number of isocyanates is 1. The highest BCUT2D eigenvalue weighted by atomic mass is 79.9. The van der Waals surface area contributed by atoms with Crippen molar-refractivity contribution >= 4 is 22.0 Å². The van der Waals surface area contributed by atoms with Crippen molar-refractivity contribution in [1.29, 1.82) is 0 Å². The maximum absolute atomic E-state index is 9.67. The van der Waals surface area contributed by atoms with E-state index in [0.717, 1.165) is 10.2 Å². The van der Waals surface area contributed by atoms with Crippen LogP contribution in [0.1, 0.15) is 5.76 Å². The second-order valence-corrected chi connectivity index (χ2v) is 2.87. The normalized spacial score (nSPS) is 9.18. The Kier molecular flexibility index (Phi) is 3.08. The molecule has 1 aromatic heterocycles. The summed E-state index contributed by atoms with van der Waals surface area (Å²) in [5.74, 6) is 0.816. The summed E-state index contributed by atoms with van der Waals surface area (Å²) in [7, 11) is 0. The number of hydrogen-bond donors (Lipinski definition) is 0. The molecule has 0 atom stereocenters. The molecule has 0 aliphatic carbocycles. The number of furan rings is 1. The van der Waals surface area contributed by atoms with Gasteiger partial charge in [0.25, 0.3) is 0 Å². The van der Waals surface area contributed by atoms with Crippen LogP contribution in [0.15, 0.2) is 26.2 Å². The second kappa shape index (κ2) is 4.11. The molecule has 3 nitrogen and oxygen atoms in total. The van der Waals surface area contributed by atoms with E-state index in [1.807, 2.05) is 6.07 Å². The molecule has 0 amide bonds. The van der Waals surface area contributed by atoms with E-state index in [0.29, 0.717) is 13.0 Å². The van der Waals surface area contributed by atoms with E-state index in [1.165, 1.54) is 6.08 Å². The van der Waals surface area contributed by atoms with Gasteiger partial charge in [-0.15, -0.1) is 0 Å². The molecule has 1 aromatic rings. The molecule has 0 fully saturated rings. The zero-order chi connectivity index (χ0) is 8.10. The van der Waals surface area contributed by atoms with Crippen molar-refractivity contribution in [2.45, 2.75) is 6.42 Å². The fourth-order valence-electron chi connectivity index (χ4n) is 0.697. The quantitative estimate of drug-likeness (QED) is 0.572. The Morgan fingerprint density at radius 3 is 3.09 bits per heavy atom. The molecular formula is C7H6BrNO2. The molecule has 4 heteroatoms. The first-order valence-electron chi connectivity index (χ1n) is 3.09. The Bertz CT molecular complexity index is 276. The van der Waals surface area contributed by atoms with Gasteiger partial charge >= 0.3 is 0 Å². The predicted octanol–water partition coefficient (Wildman–Crippen LogP) is 1.92. The summed E-state index contributed by atoms with van der Waals surface area (Å²) in [6.45, 7) is 0.434. The van der Waals surface area contributed by atoms with E-state index in [-0.39, 0.29) is 0 Å². The van der Waals surface area contributed by atoms with Crippen LogP contribution >= 0.6 is 15.9 Å². The van der Waals surface area contributed by atoms with Crippen molar-refractivity contribution in [3.05, 3.63) is 22.6 Å². The summed E-state index contributed by atoms with van der Waals surface area (Å²) in [4.78, 5) is 13.1. The molecule has 0 spiro atoms. The Labute approximate surface area is 72.2 Å². The van der Waals surface area contributed by atoms with Crippen molar-refractivity contribution in [1.82, 2.24) is 0 Å². The number of nitrogens with zero attached hydrogens (tertiary/aromatic N) is 1. The lowest BCUT2D eigenvalue weighted by Gasteiger charge is -1.86. The van der Waals surface area contributed by atoms with Gasteiger partial charge in [0, 0.05) is 6.42 Å². The predicted molar refractivity (Wildman–Crippen MR) is 43.1 cm³/mol. The highest BCUT2D eigenvalue weighted by molar-refractivity contribution is 9.10. The summed E-state index contributed by atoms with van der Waals surface area (Å²) in [6, 6.07) is 1.85. The Morgan fingerprint density at radius 2 is 2.55 bits per heavy atom. The Morgan fingerprint density at radius 1 is 1.73 bits per heavy atom. The van der Waals surface area contributed by atoms with E-state index in [2.05, 4.69) is 20.9 Å². The van der Waals surface area contributed by atoms with Crippen molar-refractivity contribution in [3.63, 3.8) is 0 Å². The third-order valence-corrected chi connectivity index (χ3v) is 1.57. The maximum atomic E-state index is 9.67. The summed E-state index contributed by atoms with van der Waals surface area (Å²) in [5.41, 5.74) is 0. The fraction of sp³-hybridized carbons (Fsp3) is 0.286. The van der Waals surface area contributed by atoms with Crippen LogP contribution in [0.5, 0.6) is 0 Å². The maximum Gasteiger partial charge on any atom is 0.234 e. The molecule has 1 rings (SSSR count). The molecule has 1 heterocycles. The van der Waals surface area contributed by atoms with E-state index < -0.39 is 0 Å². The van der Waals surface area contributed by atoms with Gasteiger partial charge < -0.3 is 4.42 Å². The molecule has 11 heavy (non-hydrogen) atoms. The number of hydrogen-bond acceptors (Lipinski definition) is 3. The zero-order valence-electron chi connectivity index (χ0n) is 5.71. The minimum absolute atomic E-state index is 0.434. The van der Waals surface area contributed by atoms with Gasteiger partial charge in [0.1, 0.15) is 12.0 Å². The summed E-state index contributed by atoms with van der Waals surface area (Å²) >= 11 is 3.24. The SMILES string of the molecule is O=C=NCCc1cc(Br)co1. The minimum Gasteiger partial charge on any atom is -0.468 e. The molecule has 0 aliphatic heterocycles. The molecule has 0 unspecified atom stereocenters. The lowest BCUT2D eigenvalue weighted by atomic mass is 10.3. The first-order valence-corrected chi connectivity index (χ1v) is 3.89. The summed E-state index contributed by atoms with van der Waals surface area (Å²) < 4.78 is 5.98. The van der Waals surface area contributed by atoms with Gasteiger partial charge in [-0.3, -0.25) is 0 Å². The van der Waals surface area contributed by atoms with Crippen molar-refractivity contribution < 1.29 is 9.21 Å². The van der Waals surface area contributed by atoms with Crippen molar-refractivity contribution in [2.24, 2.45) is 4.99 Å². The number of aliphatic imine (C=N–C) groups is 1. The standard InChI is InChI=1S/C7H6BrNO2/c8-6-3-7(11-4-6)1-2-9-5-10/h3-4H,1-2H2. The van der Waals surface area contributed by atoms with Crippen LogP contribution in [0.4, 0.5) is 0 Å². The van der Waals surface area contributed by atoms with Crippen LogP contribution in [0.2, 0.25) is 0 Å². The molecule has 0 N–H and O–H groups in total. The lowest BCUT2D eigenvalue weighted by molar-refractivity contribution is 0.509. The van der Waals surface area contributed by atoms with Gasteiger partial charge in [0.15, 0.2) is 0 Å². The van der Waals surface area contributed by atoms with Crippen LogP contribution < -0.4 is 0 Å². The largest absolute Gasteiger partial charge is 0.468 e. The Balaban J connectivity index is 2.44. The average molecular weight is 216 g/mol. The molecule has 58 valence electrons. The van der Waals surface area contributed by atoms with Gasteiger partial charge in [-0.25, -0.2) is 9.79 Å². The smallest absolute Gasteiger partial charge is 0.234 e. The molecule has 0 saturated carbocycles. The van der Waals surface area contributed by atoms with Gasteiger partial charge in [-0.1, -0.05) is 0 Å². The van der Waals surface area contributed by atoms with Gasteiger partial charge in [0.2, 0.25) is 6.08 Å². The first kappa shape index (κ1) is 8.24. The van der Waals surface area contributed by atoms with Crippen LogP contribution in [0.25, 0.3) is 0 Å². The second-order valence-electron chi connectivity index (χ2n) is 1.95. The third kappa shape index (κ3) is 2.70. The first-order chi connectivity index (χ1) is 5.33. The monoisotopic (exact) mass is 215 g/mol. The number of rotatable bonds is 3. The van der Waals surface area contributed by atoms with Crippen LogP contribution in [-0.2, 0) is 11.2 Å². The Hall–Kier alpha value is -0.860.